The lowest BCUT2D eigenvalue weighted by molar-refractivity contribution is -0.228. The van der Waals surface area contributed by atoms with Gasteiger partial charge in [0, 0.05) is 13.3 Å². The predicted octanol–water partition coefficient (Wildman–Crippen LogP) is 1.64. The van der Waals surface area contributed by atoms with Crippen LogP contribution in [0.5, 0.6) is 0 Å². The van der Waals surface area contributed by atoms with Gasteiger partial charge in [-0.3, -0.25) is 0 Å². The zero-order valence-electron chi connectivity index (χ0n) is 10.8. The lowest BCUT2D eigenvalue weighted by Crippen LogP contribution is -2.59. The highest BCUT2D eigenvalue weighted by Gasteiger charge is 2.74. The number of nitrogens with zero attached hydrogens (tertiary/aromatic N) is 1. The monoisotopic (exact) mass is 337 g/mol. The van der Waals surface area contributed by atoms with Crippen molar-refractivity contribution in [3.05, 3.63) is 0 Å². The summed E-state index contributed by atoms with van der Waals surface area (Å²) in [6, 6.07) is 0.175. The molecule has 0 aromatic rings. The molecule has 1 saturated heterocycles. The van der Waals surface area contributed by atoms with Crippen LogP contribution in [0.4, 0.5) is 22.0 Å². The number of sulfone groups is 1. The fourth-order valence-corrected chi connectivity index (χ4v) is 3.08. The standard InChI is InChI=1S/C10H12F5NO4S/c1-8(11,12)10(14,15)9(13,6-16)21(17,18)5-2-7-19-3-4-20-7/h7H,2-5H2,1H3. The number of rotatable bonds is 6. The third-order valence-electron chi connectivity index (χ3n) is 2.84. The van der Waals surface area contributed by atoms with E-state index in [1.165, 1.54) is 0 Å². The van der Waals surface area contributed by atoms with Gasteiger partial charge in [0.1, 0.15) is 6.07 Å². The molecule has 21 heavy (non-hydrogen) atoms. The lowest BCUT2D eigenvalue weighted by Gasteiger charge is -2.31. The van der Waals surface area contributed by atoms with Crippen molar-refractivity contribution in [1.29, 1.82) is 5.26 Å². The zero-order chi connectivity index (χ0) is 16.5. The summed E-state index contributed by atoms with van der Waals surface area (Å²) in [7, 11) is -5.52. The fourth-order valence-electron chi connectivity index (χ4n) is 1.58. The maximum absolute atomic E-state index is 14.0. The van der Waals surface area contributed by atoms with Crippen LogP contribution >= 0.6 is 0 Å². The molecule has 1 atom stereocenters. The molecule has 0 aromatic heterocycles. The molecule has 0 aromatic carbocycles. The van der Waals surface area contributed by atoms with Gasteiger partial charge in [0.25, 0.3) is 0 Å². The van der Waals surface area contributed by atoms with Crippen LogP contribution in [0.15, 0.2) is 0 Å². The minimum Gasteiger partial charge on any atom is -0.350 e. The zero-order valence-corrected chi connectivity index (χ0v) is 11.6. The van der Waals surface area contributed by atoms with E-state index in [-0.39, 0.29) is 26.2 Å². The fraction of sp³-hybridized carbons (Fsp3) is 0.900. The second-order valence-electron chi connectivity index (χ2n) is 4.45. The van der Waals surface area contributed by atoms with Crippen LogP contribution in [0.3, 0.4) is 0 Å². The maximum Gasteiger partial charge on any atom is 0.370 e. The molecule has 0 aliphatic carbocycles. The number of nitriles is 1. The first kappa shape index (κ1) is 18.1. The van der Waals surface area contributed by atoms with E-state index in [1.807, 2.05) is 0 Å². The number of alkyl halides is 5. The van der Waals surface area contributed by atoms with E-state index >= 15 is 0 Å². The van der Waals surface area contributed by atoms with Crippen molar-refractivity contribution in [2.75, 3.05) is 19.0 Å². The summed E-state index contributed by atoms with van der Waals surface area (Å²) in [4.78, 5) is 0. The van der Waals surface area contributed by atoms with Crippen molar-refractivity contribution >= 4 is 9.84 Å². The average molecular weight is 337 g/mol. The first-order valence-electron chi connectivity index (χ1n) is 5.70. The highest BCUT2D eigenvalue weighted by molar-refractivity contribution is 7.92. The van der Waals surface area contributed by atoms with Gasteiger partial charge in [0.05, 0.1) is 19.0 Å². The van der Waals surface area contributed by atoms with Crippen molar-refractivity contribution in [1.82, 2.24) is 0 Å². The number of ether oxygens (including phenoxy) is 2. The Morgan fingerprint density at radius 2 is 1.67 bits per heavy atom. The number of hydrogen-bond acceptors (Lipinski definition) is 5. The van der Waals surface area contributed by atoms with Crippen LogP contribution in [-0.4, -0.2) is 50.5 Å². The lowest BCUT2D eigenvalue weighted by atomic mass is 10.1. The molecule has 1 unspecified atom stereocenters. The molecule has 0 spiro atoms. The SMILES string of the molecule is CC(F)(F)C(F)(F)C(F)(C#N)S(=O)(=O)CCC1OCCO1. The van der Waals surface area contributed by atoms with Crippen LogP contribution in [-0.2, 0) is 19.3 Å². The summed E-state index contributed by atoms with van der Waals surface area (Å²) in [6.07, 6.45) is -1.63. The minimum absolute atomic E-state index is 0.132. The Labute approximate surface area is 117 Å². The van der Waals surface area contributed by atoms with E-state index in [2.05, 4.69) is 0 Å². The molecule has 1 heterocycles. The first-order valence-corrected chi connectivity index (χ1v) is 7.35. The van der Waals surface area contributed by atoms with Gasteiger partial charge in [-0.05, 0) is 0 Å². The Bertz CT molecular complexity index is 521. The summed E-state index contributed by atoms with van der Waals surface area (Å²) >= 11 is 0. The summed E-state index contributed by atoms with van der Waals surface area (Å²) < 4.78 is 99.2. The Kier molecular flexibility index (Phi) is 4.87. The summed E-state index contributed by atoms with van der Waals surface area (Å²) in [6.45, 7) is -0.1000. The Hall–Kier alpha value is -0.990. The Balaban J connectivity index is 3.03. The van der Waals surface area contributed by atoms with E-state index in [9.17, 15) is 30.4 Å². The third kappa shape index (κ3) is 3.12. The van der Waals surface area contributed by atoms with Gasteiger partial charge in [-0.15, -0.1) is 0 Å². The third-order valence-corrected chi connectivity index (χ3v) is 4.82. The average Bonchev–Trinajstić information content (AvgIpc) is 2.86. The van der Waals surface area contributed by atoms with Gasteiger partial charge in [-0.2, -0.15) is 14.0 Å². The van der Waals surface area contributed by atoms with Crippen molar-refractivity contribution in [3.8, 4) is 6.07 Å². The van der Waals surface area contributed by atoms with Gasteiger partial charge in [0.2, 0.25) is 9.84 Å². The molecule has 5 nitrogen and oxygen atoms in total. The Morgan fingerprint density at radius 1 is 1.19 bits per heavy atom. The molecule has 122 valence electrons. The van der Waals surface area contributed by atoms with Crippen molar-refractivity contribution < 1.29 is 39.8 Å². The van der Waals surface area contributed by atoms with Crippen molar-refractivity contribution in [2.24, 2.45) is 0 Å². The van der Waals surface area contributed by atoms with Gasteiger partial charge in [-0.25, -0.2) is 21.6 Å². The largest absolute Gasteiger partial charge is 0.370 e. The Morgan fingerprint density at radius 3 is 2.05 bits per heavy atom. The van der Waals surface area contributed by atoms with E-state index in [4.69, 9.17) is 14.7 Å². The topological polar surface area (TPSA) is 76.4 Å². The van der Waals surface area contributed by atoms with Crippen LogP contribution in [0.2, 0.25) is 0 Å². The smallest absolute Gasteiger partial charge is 0.350 e. The number of hydrogen-bond donors (Lipinski definition) is 0. The molecule has 0 radical (unpaired) electrons. The van der Waals surface area contributed by atoms with E-state index in [1.54, 1.807) is 0 Å². The van der Waals surface area contributed by atoms with Crippen LogP contribution in [0.25, 0.3) is 0 Å². The summed E-state index contributed by atoms with van der Waals surface area (Å²) in [5, 5.41) is 3.39. The molecule has 0 amide bonds. The molecular formula is C10H12F5NO4S. The second-order valence-corrected chi connectivity index (χ2v) is 6.65. The highest BCUT2D eigenvalue weighted by Crippen LogP contribution is 2.47. The summed E-state index contributed by atoms with van der Waals surface area (Å²) in [5.74, 6) is -12.0. The van der Waals surface area contributed by atoms with Crippen LogP contribution in [0.1, 0.15) is 13.3 Å². The van der Waals surface area contributed by atoms with Crippen LogP contribution in [0, 0.1) is 11.3 Å². The minimum atomic E-state index is -5.70. The van der Waals surface area contributed by atoms with Gasteiger partial charge < -0.3 is 9.47 Å². The van der Waals surface area contributed by atoms with Gasteiger partial charge in [-0.1, -0.05) is 0 Å². The molecule has 1 aliphatic heterocycles. The second kappa shape index (κ2) is 5.66. The summed E-state index contributed by atoms with van der Waals surface area (Å²) in [5.41, 5.74) is 0. The van der Waals surface area contributed by atoms with Crippen molar-refractivity contribution in [3.63, 3.8) is 0 Å². The van der Waals surface area contributed by atoms with Crippen LogP contribution < -0.4 is 0 Å². The molecular weight excluding hydrogens is 325 g/mol. The molecule has 0 N–H and O–H groups in total. The normalized spacial score (nSPS) is 21.0. The molecule has 0 bridgehead atoms. The maximum atomic E-state index is 14.0. The quantitative estimate of drug-likeness (QED) is 0.689. The predicted molar refractivity (Wildman–Crippen MR) is 59.1 cm³/mol. The number of halogens is 5. The van der Waals surface area contributed by atoms with E-state index < -0.39 is 45.1 Å². The van der Waals surface area contributed by atoms with E-state index in [0.717, 1.165) is 0 Å². The van der Waals surface area contributed by atoms with Gasteiger partial charge >= 0.3 is 16.8 Å². The molecule has 1 aliphatic rings. The molecule has 1 rings (SSSR count). The highest BCUT2D eigenvalue weighted by atomic mass is 32.2. The first-order chi connectivity index (χ1) is 9.39. The van der Waals surface area contributed by atoms with Crippen molar-refractivity contribution in [2.45, 2.75) is 36.5 Å². The molecule has 0 saturated carbocycles. The molecule has 1 fully saturated rings. The molecule has 11 heteroatoms. The van der Waals surface area contributed by atoms with Gasteiger partial charge in [0.15, 0.2) is 6.29 Å². The van der Waals surface area contributed by atoms with E-state index in [0.29, 0.717) is 0 Å².